The van der Waals surface area contributed by atoms with Crippen LogP contribution in [0, 0.1) is 20.8 Å². The smallest absolute Gasteiger partial charge is 0.267 e. The van der Waals surface area contributed by atoms with E-state index < -0.39 is 6.04 Å². The fourth-order valence-electron chi connectivity index (χ4n) is 2.63. The monoisotopic (exact) mass is 326 g/mol. The fourth-order valence-corrected chi connectivity index (χ4v) is 2.63. The van der Waals surface area contributed by atoms with Crippen molar-refractivity contribution < 1.29 is 9.32 Å². The van der Waals surface area contributed by atoms with Crippen molar-refractivity contribution in [2.45, 2.75) is 33.7 Å². The molecule has 0 aliphatic heterocycles. The summed E-state index contributed by atoms with van der Waals surface area (Å²) in [6.07, 6.45) is 1.31. The second-order valence-corrected chi connectivity index (χ2v) is 5.84. The van der Waals surface area contributed by atoms with E-state index in [0.29, 0.717) is 11.1 Å². The van der Waals surface area contributed by atoms with Crippen LogP contribution in [0.5, 0.6) is 0 Å². The molecule has 0 fully saturated rings. The number of fused-ring (bicyclic) bond motifs is 1. The molecule has 7 heteroatoms. The quantitative estimate of drug-likeness (QED) is 0.798. The Morgan fingerprint density at radius 2 is 1.92 bits per heavy atom. The summed E-state index contributed by atoms with van der Waals surface area (Å²) in [6, 6.07) is 5.06. The number of hydrogen-bond acceptors (Lipinski definition) is 5. The highest BCUT2D eigenvalue weighted by Crippen LogP contribution is 2.21. The van der Waals surface area contributed by atoms with Crippen LogP contribution in [0.2, 0.25) is 0 Å². The van der Waals surface area contributed by atoms with Crippen LogP contribution < -0.4 is 10.9 Å². The number of anilines is 1. The number of aromatic nitrogens is 3. The minimum Gasteiger partial charge on any atom is -0.335 e. The molecule has 0 saturated heterocycles. The molecule has 3 aromatic rings. The van der Waals surface area contributed by atoms with Crippen molar-refractivity contribution in [3.8, 4) is 0 Å². The SMILES string of the molecule is Cc1cccc(C)c1NC(=O)C(C)n1cnc2onc(C)c2c1=O. The van der Waals surface area contributed by atoms with E-state index in [1.54, 1.807) is 13.8 Å². The zero-order valence-electron chi connectivity index (χ0n) is 14.0. The number of nitrogens with one attached hydrogen (secondary N) is 1. The highest BCUT2D eigenvalue weighted by atomic mass is 16.5. The van der Waals surface area contributed by atoms with Crippen LogP contribution >= 0.6 is 0 Å². The predicted octanol–water partition coefficient (Wildman–Crippen LogP) is 2.51. The Hall–Kier alpha value is -2.96. The average molecular weight is 326 g/mol. The number of carbonyl (C=O) groups is 1. The summed E-state index contributed by atoms with van der Waals surface area (Å²) in [4.78, 5) is 29.2. The van der Waals surface area contributed by atoms with E-state index in [2.05, 4.69) is 15.5 Å². The maximum atomic E-state index is 12.6. The summed E-state index contributed by atoms with van der Waals surface area (Å²) >= 11 is 0. The third kappa shape index (κ3) is 2.58. The fraction of sp³-hybridized carbons (Fsp3) is 0.294. The molecule has 0 radical (unpaired) electrons. The Morgan fingerprint density at radius 1 is 1.25 bits per heavy atom. The molecule has 2 aromatic heterocycles. The number of aryl methyl sites for hydroxylation is 3. The molecular weight excluding hydrogens is 308 g/mol. The zero-order chi connectivity index (χ0) is 17.4. The highest BCUT2D eigenvalue weighted by Gasteiger charge is 2.21. The Balaban J connectivity index is 1.96. The van der Waals surface area contributed by atoms with Crippen molar-refractivity contribution in [1.29, 1.82) is 0 Å². The molecule has 0 aliphatic rings. The van der Waals surface area contributed by atoms with Gasteiger partial charge in [0.2, 0.25) is 5.91 Å². The first-order chi connectivity index (χ1) is 11.4. The minimum absolute atomic E-state index is 0.177. The highest BCUT2D eigenvalue weighted by molar-refractivity contribution is 5.95. The van der Waals surface area contributed by atoms with Crippen LogP contribution in [0.4, 0.5) is 5.69 Å². The van der Waals surface area contributed by atoms with Crippen LogP contribution in [0.1, 0.15) is 29.8 Å². The van der Waals surface area contributed by atoms with Crippen molar-refractivity contribution in [2.75, 3.05) is 5.32 Å². The number of nitrogens with zero attached hydrogens (tertiary/aromatic N) is 3. The van der Waals surface area contributed by atoms with E-state index >= 15 is 0 Å². The third-order valence-corrected chi connectivity index (χ3v) is 4.12. The number of amides is 1. The molecule has 7 nitrogen and oxygen atoms in total. The first-order valence-corrected chi connectivity index (χ1v) is 7.60. The largest absolute Gasteiger partial charge is 0.335 e. The van der Waals surface area contributed by atoms with E-state index in [1.165, 1.54) is 10.9 Å². The van der Waals surface area contributed by atoms with Crippen molar-refractivity contribution in [1.82, 2.24) is 14.7 Å². The Kier molecular flexibility index (Phi) is 3.92. The van der Waals surface area contributed by atoms with Gasteiger partial charge in [0.25, 0.3) is 11.3 Å². The lowest BCUT2D eigenvalue weighted by atomic mass is 10.1. The van der Waals surface area contributed by atoms with Crippen LogP contribution in [0.15, 0.2) is 33.8 Å². The minimum atomic E-state index is -0.720. The van der Waals surface area contributed by atoms with Crippen molar-refractivity contribution in [3.63, 3.8) is 0 Å². The zero-order valence-corrected chi connectivity index (χ0v) is 14.0. The molecule has 1 amide bonds. The van der Waals surface area contributed by atoms with Gasteiger partial charge in [0.1, 0.15) is 17.8 Å². The van der Waals surface area contributed by atoms with Crippen molar-refractivity contribution in [3.05, 3.63) is 51.7 Å². The molecule has 3 rings (SSSR count). The molecule has 2 heterocycles. The van der Waals surface area contributed by atoms with Crippen LogP contribution in [-0.2, 0) is 4.79 Å². The standard InChI is InChI=1S/C17H18N4O3/c1-9-6-5-7-10(2)14(9)19-15(22)12(4)21-8-18-16-13(17(21)23)11(3)20-24-16/h5-8,12H,1-4H3,(H,19,22). The number of rotatable bonds is 3. The van der Waals surface area contributed by atoms with Gasteiger partial charge < -0.3 is 9.84 Å². The summed E-state index contributed by atoms with van der Waals surface area (Å²) in [7, 11) is 0. The van der Waals surface area contributed by atoms with Gasteiger partial charge in [-0.25, -0.2) is 4.98 Å². The molecule has 1 N–H and O–H groups in total. The van der Waals surface area contributed by atoms with Gasteiger partial charge in [-0.15, -0.1) is 0 Å². The summed E-state index contributed by atoms with van der Waals surface area (Å²) in [6.45, 7) is 7.17. The summed E-state index contributed by atoms with van der Waals surface area (Å²) in [5, 5.41) is 6.93. The van der Waals surface area contributed by atoms with Crippen LogP contribution in [-0.4, -0.2) is 20.6 Å². The molecule has 0 bridgehead atoms. The molecule has 24 heavy (non-hydrogen) atoms. The lowest BCUT2D eigenvalue weighted by molar-refractivity contribution is -0.118. The maximum absolute atomic E-state index is 12.6. The van der Waals surface area contributed by atoms with Crippen LogP contribution in [0.3, 0.4) is 0 Å². The lowest BCUT2D eigenvalue weighted by Gasteiger charge is -2.17. The molecule has 0 saturated carbocycles. The predicted molar refractivity (Wildman–Crippen MR) is 90.1 cm³/mol. The van der Waals surface area contributed by atoms with E-state index in [0.717, 1.165) is 16.8 Å². The van der Waals surface area contributed by atoms with E-state index in [9.17, 15) is 9.59 Å². The summed E-state index contributed by atoms with van der Waals surface area (Å²) in [5.41, 5.74) is 2.98. The molecule has 1 unspecified atom stereocenters. The first-order valence-electron chi connectivity index (χ1n) is 7.60. The topological polar surface area (TPSA) is 90.0 Å². The van der Waals surface area contributed by atoms with E-state index in [-0.39, 0.29) is 17.2 Å². The van der Waals surface area contributed by atoms with Gasteiger partial charge in [0, 0.05) is 5.69 Å². The Labute approximate surface area is 138 Å². The summed E-state index contributed by atoms with van der Waals surface area (Å²) < 4.78 is 6.26. The van der Waals surface area contributed by atoms with Gasteiger partial charge in [-0.2, -0.15) is 0 Å². The molecule has 1 aromatic carbocycles. The first kappa shape index (κ1) is 15.9. The van der Waals surface area contributed by atoms with Crippen LogP contribution in [0.25, 0.3) is 11.1 Å². The average Bonchev–Trinajstić information content (AvgIpc) is 2.93. The molecule has 0 aliphatic carbocycles. The number of carbonyl (C=O) groups excluding carboxylic acids is 1. The van der Waals surface area contributed by atoms with E-state index in [1.807, 2.05) is 32.0 Å². The summed E-state index contributed by atoms with van der Waals surface area (Å²) in [5.74, 6) is -0.287. The van der Waals surface area contributed by atoms with Gasteiger partial charge in [0.15, 0.2) is 0 Å². The van der Waals surface area contributed by atoms with Gasteiger partial charge >= 0.3 is 0 Å². The second-order valence-electron chi connectivity index (χ2n) is 5.84. The van der Waals surface area contributed by atoms with Crippen molar-refractivity contribution >= 4 is 22.7 Å². The van der Waals surface area contributed by atoms with E-state index in [4.69, 9.17) is 4.52 Å². The van der Waals surface area contributed by atoms with Gasteiger partial charge in [-0.1, -0.05) is 23.4 Å². The van der Waals surface area contributed by atoms with Crippen molar-refractivity contribution in [2.24, 2.45) is 0 Å². The number of para-hydroxylation sites is 1. The molecular formula is C17H18N4O3. The van der Waals surface area contributed by atoms with Gasteiger partial charge in [-0.05, 0) is 38.8 Å². The second kappa shape index (κ2) is 5.92. The number of benzene rings is 1. The maximum Gasteiger partial charge on any atom is 0.267 e. The normalized spacial score (nSPS) is 12.3. The van der Waals surface area contributed by atoms with Gasteiger partial charge in [-0.3, -0.25) is 14.2 Å². The molecule has 124 valence electrons. The Morgan fingerprint density at radius 3 is 2.58 bits per heavy atom. The molecule has 1 atom stereocenters. The Bertz CT molecular complexity index is 967. The third-order valence-electron chi connectivity index (χ3n) is 4.12. The van der Waals surface area contributed by atoms with Gasteiger partial charge in [0.05, 0.1) is 5.69 Å². The number of hydrogen-bond donors (Lipinski definition) is 1. The molecule has 0 spiro atoms. The lowest BCUT2D eigenvalue weighted by Crippen LogP contribution is -2.32.